The van der Waals surface area contributed by atoms with Crippen LogP contribution in [0, 0.1) is 0 Å². The summed E-state index contributed by atoms with van der Waals surface area (Å²) in [6.07, 6.45) is 4.73. The van der Waals surface area contributed by atoms with E-state index in [1.54, 1.807) is 0 Å². The van der Waals surface area contributed by atoms with Gasteiger partial charge in [0.25, 0.3) is 22.9 Å². The van der Waals surface area contributed by atoms with E-state index in [-0.39, 0.29) is 82.8 Å². The number of thiazole rings is 1. The Morgan fingerprint density at radius 2 is 2.02 bits per heavy atom. The molecule has 4 aromatic rings. The number of amides is 2. The van der Waals surface area contributed by atoms with Gasteiger partial charge in [-0.25, -0.2) is 9.55 Å². The number of aromatic nitrogens is 5. The largest absolute Gasteiger partial charge is 0.543 e. The fourth-order valence-electron chi connectivity index (χ4n) is 4.81. The lowest BCUT2D eigenvalue weighted by atomic mass is 10.0. The number of anilines is 1. The topological polar surface area (TPSA) is 266 Å². The van der Waals surface area contributed by atoms with E-state index in [9.17, 15) is 29.4 Å². The number of carboxylic acids is 1. The van der Waals surface area contributed by atoms with E-state index >= 15 is 0 Å². The second-order valence-corrected chi connectivity index (χ2v) is 14.6. The predicted octanol–water partition coefficient (Wildman–Crippen LogP) is 0.00180. The number of nitrogens with two attached hydrogens (primary N) is 1. The number of carbonyl (C=O) groups excluding carboxylic acids is 3. The standard InChI is InChI=1S/C29H27N9O9S4.2ClH/c30-28-32-17(13-51-28)20(36-46-7-8-48-29-35-34-24(47-29)16-9-18(40)19(41)10-31-16)23(42)33-21-25(43)38-22(27(44)45)14(12-50-26(21)38)11-49-15-1-3-37(4-2-15)5-6-39;;/h1-4,9-10,13,21,26,39H,5-8,11-12H2,(H5-,30,31,32,33,34,36,40,41,42,44,45);2*1H/t21-,26-;;/m1../s1. The number of nitrogen functional groups attached to an aromatic ring is 1. The summed E-state index contributed by atoms with van der Waals surface area (Å²) in [6.45, 7) is 0.440. The first-order valence-corrected chi connectivity index (χ1v) is 18.7. The van der Waals surface area contributed by atoms with Crippen LogP contribution in [0.3, 0.4) is 0 Å². The molecule has 282 valence electrons. The SMILES string of the molecule is Cl.Cl.Nc1nc(/C(=N/OCCSc2nnc(-c3cc(=O)c(O)c[nH]3)o2)C(=O)N[C@@H]2C(=O)N3C(C(=O)[O-])=C(CSc4cc[n+](CCO)cc4)CS[C@H]23)cs1. The molecule has 0 spiro atoms. The Morgan fingerprint density at radius 3 is 2.70 bits per heavy atom. The summed E-state index contributed by atoms with van der Waals surface area (Å²) in [5.41, 5.74) is 5.57. The Kier molecular flexibility index (Phi) is 14.6. The zero-order chi connectivity index (χ0) is 36.1. The van der Waals surface area contributed by atoms with E-state index in [1.807, 2.05) is 29.1 Å². The lowest BCUT2D eigenvalue weighted by Gasteiger charge is -2.50. The van der Waals surface area contributed by atoms with Gasteiger partial charge in [-0.2, -0.15) is 0 Å². The van der Waals surface area contributed by atoms with Gasteiger partial charge in [0.05, 0.1) is 11.7 Å². The van der Waals surface area contributed by atoms with Crippen LogP contribution in [0.5, 0.6) is 5.75 Å². The smallest absolute Gasteiger partial charge is 0.277 e. The molecular formula is C29H29Cl2N9O9S4. The van der Waals surface area contributed by atoms with Crippen LogP contribution in [0.2, 0.25) is 0 Å². The minimum Gasteiger partial charge on any atom is -0.543 e. The number of nitrogens with zero attached hydrogens (tertiary/aromatic N) is 6. The molecule has 6 heterocycles. The number of aliphatic hydroxyl groups excluding tert-OH is 1. The zero-order valence-corrected chi connectivity index (χ0v) is 31.8. The van der Waals surface area contributed by atoms with E-state index in [2.05, 4.69) is 30.6 Å². The number of H-pyrrole nitrogens is 1. The Hall–Kier alpha value is -4.32. The molecule has 2 aliphatic heterocycles. The highest BCUT2D eigenvalue weighted by Crippen LogP contribution is 2.41. The van der Waals surface area contributed by atoms with E-state index in [0.717, 1.165) is 45.2 Å². The summed E-state index contributed by atoms with van der Waals surface area (Å²) in [7, 11) is 0. The Morgan fingerprint density at radius 1 is 1.25 bits per heavy atom. The minimum absolute atomic E-state index is 0. The lowest BCUT2D eigenvalue weighted by Crippen LogP contribution is -2.71. The molecule has 0 saturated carbocycles. The molecule has 0 aromatic carbocycles. The van der Waals surface area contributed by atoms with E-state index < -0.39 is 40.4 Å². The quantitative estimate of drug-likeness (QED) is 0.0263. The summed E-state index contributed by atoms with van der Waals surface area (Å²) in [4.78, 5) is 64.8. The summed E-state index contributed by atoms with van der Waals surface area (Å²) in [6, 6.07) is 3.77. The molecule has 2 amide bonds. The first kappa shape index (κ1) is 41.4. The van der Waals surface area contributed by atoms with Gasteiger partial charge in [-0.15, -0.1) is 69.9 Å². The number of pyridine rings is 2. The first-order chi connectivity index (χ1) is 24.6. The van der Waals surface area contributed by atoms with Crippen LogP contribution in [0.25, 0.3) is 11.6 Å². The maximum Gasteiger partial charge on any atom is 0.277 e. The Bertz CT molecular complexity index is 2080. The molecule has 2 atom stereocenters. The third kappa shape index (κ3) is 9.62. The van der Waals surface area contributed by atoms with Crippen LogP contribution in [-0.4, -0.2) is 101 Å². The molecule has 2 aliphatic rings. The van der Waals surface area contributed by atoms with Crippen molar-refractivity contribution in [1.29, 1.82) is 0 Å². The number of aliphatic carboxylic acids is 1. The average molecular weight is 847 g/mol. The fraction of sp³-hybridized carbons (Fsp3) is 0.276. The third-order valence-electron chi connectivity index (χ3n) is 7.22. The van der Waals surface area contributed by atoms with Gasteiger partial charge in [0.15, 0.2) is 35.5 Å². The van der Waals surface area contributed by atoms with Gasteiger partial charge < -0.3 is 45.4 Å². The van der Waals surface area contributed by atoms with Gasteiger partial charge >= 0.3 is 0 Å². The number of β-lactam (4-membered cyclic amide) rings is 1. The van der Waals surface area contributed by atoms with Crippen LogP contribution in [0.1, 0.15) is 5.69 Å². The van der Waals surface area contributed by atoms with Crippen molar-refractivity contribution in [2.75, 3.05) is 36.2 Å². The number of thioether (sulfide) groups is 3. The molecule has 18 nitrogen and oxygen atoms in total. The molecule has 53 heavy (non-hydrogen) atoms. The van der Waals surface area contributed by atoms with Crippen molar-refractivity contribution >= 4 is 100 Å². The lowest BCUT2D eigenvalue weighted by molar-refractivity contribution is -0.698. The zero-order valence-electron chi connectivity index (χ0n) is 26.9. The van der Waals surface area contributed by atoms with Gasteiger partial charge in [-0.05, 0) is 5.57 Å². The Balaban J connectivity index is 0.00000314. The van der Waals surface area contributed by atoms with E-state index in [4.69, 9.17) is 20.1 Å². The van der Waals surface area contributed by atoms with Crippen molar-refractivity contribution in [1.82, 2.24) is 30.4 Å². The number of oxime groups is 1. The summed E-state index contributed by atoms with van der Waals surface area (Å²) >= 11 is 4.91. The molecule has 4 aromatic heterocycles. The maximum absolute atomic E-state index is 13.4. The average Bonchev–Trinajstić information content (AvgIpc) is 3.78. The van der Waals surface area contributed by atoms with Gasteiger partial charge in [0, 0.05) is 51.9 Å². The molecule has 6 rings (SSSR count). The number of carboxylic acid groups (broad SMARTS) is 1. The number of fused-ring (bicyclic) bond motifs is 1. The van der Waals surface area contributed by atoms with Crippen LogP contribution >= 0.6 is 71.4 Å². The number of aromatic amines is 1. The van der Waals surface area contributed by atoms with Crippen molar-refractivity contribution in [3.8, 4) is 17.3 Å². The van der Waals surface area contributed by atoms with Crippen molar-refractivity contribution in [3.63, 3.8) is 0 Å². The molecule has 24 heteroatoms. The Labute approximate surface area is 328 Å². The highest BCUT2D eigenvalue weighted by molar-refractivity contribution is 8.01. The number of hydrogen-bond acceptors (Lipinski definition) is 18. The highest BCUT2D eigenvalue weighted by atomic mass is 35.5. The molecule has 1 saturated heterocycles. The first-order valence-electron chi connectivity index (χ1n) is 14.8. The van der Waals surface area contributed by atoms with Crippen LogP contribution < -0.4 is 26.2 Å². The number of halogens is 2. The number of nitrogens with one attached hydrogen (secondary N) is 2. The number of carbonyl (C=O) groups is 3. The van der Waals surface area contributed by atoms with Crippen molar-refractivity contribution in [3.05, 3.63) is 69.4 Å². The number of hydrogen-bond donors (Lipinski definition) is 5. The van der Waals surface area contributed by atoms with Crippen LogP contribution in [0.15, 0.2) is 77.9 Å². The number of aliphatic hydroxyl groups is 1. The highest BCUT2D eigenvalue weighted by Gasteiger charge is 2.53. The van der Waals surface area contributed by atoms with Crippen LogP contribution in [0.4, 0.5) is 5.13 Å². The molecular weight excluding hydrogens is 818 g/mol. The van der Waals surface area contributed by atoms with Gasteiger partial charge in [-0.3, -0.25) is 19.3 Å². The summed E-state index contributed by atoms with van der Waals surface area (Å²) in [5.74, 6) is -2.43. The van der Waals surface area contributed by atoms with Crippen LogP contribution in [-0.2, 0) is 25.8 Å². The molecule has 6 N–H and O–H groups in total. The monoisotopic (exact) mass is 845 g/mol. The fourth-order valence-corrected chi connectivity index (χ4v) is 8.29. The summed E-state index contributed by atoms with van der Waals surface area (Å²) < 4.78 is 7.33. The number of aromatic hydroxyl groups is 1. The van der Waals surface area contributed by atoms with E-state index in [1.165, 1.54) is 28.9 Å². The number of rotatable bonds is 15. The normalized spacial score (nSPS) is 16.6. The van der Waals surface area contributed by atoms with Gasteiger partial charge in [0.2, 0.25) is 5.43 Å². The molecule has 1 fully saturated rings. The van der Waals surface area contributed by atoms with Gasteiger partial charge in [-0.1, -0.05) is 16.9 Å². The predicted molar refractivity (Wildman–Crippen MR) is 198 cm³/mol. The molecule has 0 aliphatic carbocycles. The molecule has 0 bridgehead atoms. The third-order valence-corrected chi connectivity index (χ3v) is 11.1. The van der Waals surface area contributed by atoms with Crippen molar-refractivity contribution in [2.24, 2.45) is 5.16 Å². The molecule has 0 radical (unpaired) electrons. The van der Waals surface area contributed by atoms with Crippen molar-refractivity contribution < 1.29 is 43.5 Å². The van der Waals surface area contributed by atoms with Gasteiger partial charge in [0.1, 0.15) is 36.0 Å². The van der Waals surface area contributed by atoms with Crippen molar-refractivity contribution in [2.45, 2.75) is 28.1 Å². The second kappa shape index (κ2) is 18.6. The molecule has 0 unspecified atom stereocenters. The summed E-state index contributed by atoms with van der Waals surface area (Å²) in [5, 5.41) is 46.2. The second-order valence-electron chi connectivity index (χ2n) is 10.5. The maximum atomic E-state index is 13.4. The van der Waals surface area contributed by atoms with E-state index in [0.29, 0.717) is 23.6 Å². The minimum atomic E-state index is -1.48.